The molecule has 2 aromatic carbocycles. The average Bonchev–Trinajstić information content (AvgIpc) is 2.50. The fourth-order valence-electron chi connectivity index (χ4n) is 2.67. The molecule has 0 amide bonds. The van der Waals surface area contributed by atoms with Gasteiger partial charge in [-0.15, -0.1) is 0 Å². The lowest BCUT2D eigenvalue weighted by atomic mass is 9.81. The van der Waals surface area contributed by atoms with Crippen LogP contribution < -0.4 is 16.2 Å². The van der Waals surface area contributed by atoms with Crippen molar-refractivity contribution in [1.82, 2.24) is 0 Å². The topological polar surface area (TPSA) is 119 Å². The zero-order valence-corrected chi connectivity index (χ0v) is 11.8. The Kier molecular flexibility index (Phi) is 2.95. The second-order valence-corrected chi connectivity index (χ2v) is 4.94. The summed E-state index contributed by atoms with van der Waals surface area (Å²) in [6.07, 6.45) is 0. The monoisotopic (exact) mass is 295 g/mol. The minimum Gasteiger partial charge on any atom is -0.497 e. The number of anilines is 1. The smallest absolute Gasteiger partial charge is 0.197 e. The molecule has 0 heterocycles. The normalized spacial score (nSPS) is 12.6. The van der Waals surface area contributed by atoms with Crippen molar-refractivity contribution >= 4 is 23.1 Å². The zero-order valence-electron chi connectivity index (χ0n) is 11.8. The van der Waals surface area contributed by atoms with Gasteiger partial charge < -0.3 is 16.2 Å². The molecular weight excluding hydrogens is 282 g/mol. The second-order valence-electron chi connectivity index (χ2n) is 4.94. The highest BCUT2D eigenvalue weighted by Gasteiger charge is 2.34. The van der Waals surface area contributed by atoms with Crippen LogP contribution in [0.2, 0.25) is 0 Å². The van der Waals surface area contributed by atoms with Crippen molar-refractivity contribution in [3.8, 4) is 5.75 Å². The number of ketones is 2. The van der Waals surface area contributed by atoms with E-state index < -0.39 is 5.78 Å². The number of benzene rings is 2. The van der Waals surface area contributed by atoms with Gasteiger partial charge in [0.05, 0.1) is 12.7 Å². The molecule has 1 aliphatic carbocycles. The molecule has 0 saturated carbocycles. The van der Waals surface area contributed by atoms with E-state index in [1.807, 2.05) is 0 Å². The second kappa shape index (κ2) is 4.70. The van der Waals surface area contributed by atoms with Gasteiger partial charge in [-0.3, -0.25) is 15.0 Å². The summed E-state index contributed by atoms with van der Waals surface area (Å²) >= 11 is 0. The van der Waals surface area contributed by atoms with Crippen molar-refractivity contribution in [3.63, 3.8) is 0 Å². The Labute approximate surface area is 126 Å². The molecule has 6 nitrogen and oxygen atoms in total. The summed E-state index contributed by atoms with van der Waals surface area (Å²) in [5.74, 6) is -0.606. The minimum atomic E-state index is -0.407. The van der Waals surface area contributed by atoms with E-state index in [1.165, 1.54) is 25.3 Å². The molecule has 5 N–H and O–H groups in total. The Morgan fingerprint density at radius 1 is 1.09 bits per heavy atom. The lowest BCUT2D eigenvalue weighted by Gasteiger charge is -2.21. The molecular formula is C16H13N3O3. The van der Waals surface area contributed by atoms with Gasteiger partial charge in [0, 0.05) is 34.0 Å². The van der Waals surface area contributed by atoms with Crippen molar-refractivity contribution in [2.45, 2.75) is 0 Å². The third kappa shape index (κ3) is 1.77. The summed E-state index contributed by atoms with van der Waals surface area (Å²) in [4.78, 5) is 25.4. The van der Waals surface area contributed by atoms with Gasteiger partial charge in [-0.1, -0.05) is 18.2 Å². The third-order valence-electron chi connectivity index (χ3n) is 3.68. The van der Waals surface area contributed by atoms with Gasteiger partial charge >= 0.3 is 0 Å². The first-order valence-electron chi connectivity index (χ1n) is 6.50. The van der Waals surface area contributed by atoms with Crippen LogP contribution in [0.4, 0.5) is 5.69 Å². The Morgan fingerprint density at radius 3 is 2.45 bits per heavy atom. The highest BCUT2D eigenvalue weighted by atomic mass is 16.5. The lowest BCUT2D eigenvalue weighted by molar-refractivity contribution is 0.0979. The number of carbonyl (C=O) groups excluding carboxylic acids is 2. The van der Waals surface area contributed by atoms with E-state index in [4.69, 9.17) is 21.6 Å². The summed E-state index contributed by atoms with van der Waals surface area (Å²) in [6, 6.07) is 7.66. The molecule has 0 spiro atoms. The fraction of sp³-hybridized carbons (Fsp3) is 0.0625. The highest BCUT2D eigenvalue weighted by molar-refractivity contribution is 6.32. The zero-order chi connectivity index (χ0) is 16.0. The molecule has 0 bridgehead atoms. The molecule has 1 aliphatic rings. The molecule has 110 valence electrons. The van der Waals surface area contributed by atoms with Gasteiger partial charge in [-0.25, -0.2) is 0 Å². The number of nitrogens with two attached hydrogens (primary N) is 2. The number of amidine groups is 1. The lowest BCUT2D eigenvalue weighted by Crippen LogP contribution is -2.26. The van der Waals surface area contributed by atoms with Crippen LogP contribution in [0.3, 0.4) is 0 Å². The SMILES string of the molecule is COc1cc(N)c2c(c1)C(=O)c1cccc(C(=N)N)c1C2=O. The van der Waals surface area contributed by atoms with E-state index in [-0.39, 0.29) is 45.1 Å². The first-order valence-corrected chi connectivity index (χ1v) is 6.50. The molecule has 0 atom stereocenters. The van der Waals surface area contributed by atoms with Crippen molar-refractivity contribution in [1.29, 1.82) is 5.41 Å². The predicted molar refractivity (Wildman–Crippen MR) is 81.7 cm³/mol. The van der Waals surface area contributed by atoms with Gasteiger partial charge in [-0.05, 0) is 6.07 Å². The predicted octanol–water partition coefficient (Wildman–Crippen LogP) is 1.34. The number of nitrogen functional groups attached to an aromatic ring is 2. The molecule has 0 radical (unpaired) electrons. The largest absolute Gasteiger partial charge is 0.497 e. The highest BCUT2D eigenvalue weighted by Crippen LogP contribution is 2.35. The van der Waals surface area contributed by atoms with Crippen LogP contribution in [0.5, 0.6) is 5.75 Å². The van der Waals surface area contributed by atoms with Crippen molar-refractivity contribution in [2.75, 3.05) is 12.8 Å². The molecule has 3 rings (SSSR count). The number of methoxy groups -OCH3 is 1. The molecule has 0 aliphatic heterocycles. The maximum Gasteiger partial charge on any atom is 0.197 e. The average molecular weight is 295 g/mol. The van der Waals surface area contributed by atoms with Crippen LogP contribution in [0.15, 0.2) is 30.3 Å². The number of hydrogen-bond acceptors (Lipinski definition) is 5. The quantitative estimate of drug-likeness (QED) is 0.374. The third-order valence-corrected chi connectivity index (χ3v) is 3.68. The van der Waals surface area contributed by atoms with Crippen LogP contribution >= 0.6 is 0 Å². The van der Waals surface area contributed by atoms with E-state index in [9.17, 15) is 9.59 Å². The first kappa shape index (κ1) is 13.8. The van der Waals surface area contributed by atoms with Gasteiger partial charge in [-0.2, -0.15) is 0 Å². The van der Waals surface area contributed by atoms with Crippen molar-refractivity contribution in [3.05, 3.63) is 58.1 Å². The Bertz CT molecular complexity index is 856. The number of carbonyl (C=O) groups is 2. The Hall–Kier alpha value is -3.15. The maximum absolute atomic E-state index is 12.8. The van der Waals surface area contributed by atoms with Gasteiger partial charge in [0.2, 0.25) is 0 Å². The van der Waals surface area contributed by atoms with Gasteiger partial charge in [0.15, 0.2) is 11.6 Å². The van der Waals surface area contributed by atoms with E-state index in [0.29, 0.717) is 5.75 Å². The van der Waals surface area contributed by atoms with E-state index in [2.05, 4.69) is 0 Å². The number of fused-ring (bicyclic) bond motifs is 2. The Morgan fingerprint density at radius 2 is 1.82 bits per heavy atom. The number of hydrogen-bond donors (Lipinski definition) is 3. The maximum atomic E-state index is 12.8. The van der Waals surface area contributed by atoms with Crippen LogP contribution in [-0.4, -0.2) is 24.5 Å². The molecule has 2 aromatic rings. The standard InChI is InChI=1S/C16H13N3O3/c1-22-7-5-10-13(11(17)6-7)15(21)12-8(14(10)20)3-2-4-9(12)16(18)19/h2-6H,17H2,1H3,(H3,18,19). The number of nitrogens with one attached hydrogen (secondary N) is 1. The number of ether oxygens (including phenoxy) is 1. The van der Waals surface area contributed by atoms with Crippen molar-refractivity contribution < 1.29 is 14.3 Å². The van der Waals surface area contributed by atoms with Crippen LogP contribution in [0, 0.1) is 5.41 Å². The summed E-state index contributed by atoms with van der Waals surface area (Å²) in [6.45, 7) is 0. The molecule has 0 fully saturated rings. The van der Waals surface area contributed by atoms with Gasteiger partial charge in [0.1, 0.15) is 11.6 Å². The molecule has 0 unspecified atom stereocenters. The van der Waals surface area contributed by atoms with Crippen LogP contribution in [0.25, 0.3) is 0 Å². The number of rotatable bonds is 2. The molecule has 6 heteroatoms. The molecule has 0 aromatic heterocycles. The van der Waals surface area contributed by atoms with E-state index in [1.54, 1.807) is 12.1 Å². The van der Waals surface area contributed by atoms with Gasteiger partial charge in [0.25, 0.3) is 0 Å². The first-order chi connectivity index (χ1) is 10.5. The fourth-order valence-corrected chi connectivity index (χ4v) is 2.67. The van der Waals surface area contributed by atoms with E-state index >= 15 is 0 Å². The Balaban J connectivity index is 2.35. The summed E-state index contributed by atoms with van der Waals surface area (Å²) in [7, 11) is 1.46. The summed E-state index contributed by atoms with van der Waals surface area (Å²) < 4.78 is 5.10. The van der Waals surface area contributed by atoms with E-state index in [0.717, 1.165) is 0 Å². The molecule has 22 heavy (non-hydrogen) atoms. The summed E-state index contributed by atoms with van der Waals surface area (Å²) in [5, 5.41) is 7.60. The summed E-state index contributed by atoms with van der Waals surface area (Å²) in [5.41, 5.74) is 12.5. The van der Waals surface area contributed by atoms with Crippen LogP contribution in [-0.2, 0) is 0 Å². The van der Waals surface area contributed by atoms with Crippen molar-refractivity contribution in [2.24, 2.45) is 5.73 Å². The molecule has 0 saturated heterocycles. The minimum absolute atomic E-state index is 0.129. The van der Waals surface area contributed by atoms with Crippen LogP contribution in [0.1, 0.15) is 37.4 Å².